The van der Waals surface area contributed by atoms with Gasteiger partial charge in [0.2, 0.25) is 5.76 Å². The molecular formula is C12H19NO4. The van der Waals surface area contributed by atoms with Crippen LogP contribution in [0.5, 0.6) is 0 Å². The van der Waals surface area contributed by atoms with Gasteiger partial charge in [-0.2, -0.15) is 0 Å². The lowest BCUT2D eigenvalue weighted by Crippen LogP contribution is -2.04. The molecule has 17 heavy (non-hydrogen) atoms. The van der Waals surface area contributed by atoms with E-state index in [1.54, 1.807) is 7.11 Å². The zero-order valence-electron chi connectivity index (χ0n) is 10.8. The molecule has 0 aromatic carbocycles. The third-order valence-electron chi connectivity index (χ3n) is 2.51. The Kier molecular flexibility index (Phi) is 5.15. The fourth-order valence-corrected chi connectivity index (χ4v) is 1.62. The Labute approximate surface area is 101 Å². The molecule has 1 heterocycles. The molecule has 0 radical (unpaired) electrons. The molecule has 1 rings (SSSR count). The standard InChI is InChI=1S/C12H19NO4/c1-5-6-8(2)11-13-9(7-15-3)10(17-11)12(14)16-4/h8H,5-7H2,1-4H3. The third kappa shape index (κ3) is 3.30. The van der Waals surface area contributed by atoms with Crippen LogP contribution in [0.15, 0.2) is 4.42 Å². The number of methoxy groups -OCH3 is 2. The maximum atomic E-state index is 11.5. The molecule has 96 valence electrons. The highest BCUT2D eigenvalue weighted by Gasteiger charge is 2.23. The summed E-state index contributed by atoms with van der Waals surface area (Å²) >= 11 is 0. The molecule has 1 atom stereocenters. The quantitative estimate of drug-likeness (QED) is 0.716. The Morgan fingerprint density at radius 1 is 1.47 bits per heavy atom. The van der Waals surface area contributed by atoms with Gasteiger partial charge in [-0.05, 0) is 6.42 Å². The summed E-state index contributed by atoms with van der Waals surface area (Å²) in [6, 6.07) is 0. The van der Waals surface area contributed by atoms with Crippen molar-refractivity contribution in [3.8, 4) is 0 Å². The highest BCUT2D eigenvalue weighted by Crippen LogP contribution is 2.23. The fraction of sp³-hybridized carbons (Fsp3) is 0.667. The predicted molar refractivity (Wildman–Crippen MR) is 61.9 cm³/mol. The number of hydrogen-bond donors (Lipinski definition) is 0. The van der Waals surface area contributed by atoms with Crippen LogP contribution in [0.1, 0.15) is 54.7 Å². The van der Waals surface area contributed by atoms with Crippen LogP contribution in [0.3, 0.4) is 0 Å². The Hall–Kier alpha value is -1.36. The van der Waals surface area contributed by atoms with Gasteiger partial charge in [0.25, 0.3) is 0 Å². The molecule has 0 spiro atoms. The average Bonchev–Trinajstić information content (AvgIpc) is 2.73. The molecule has 0 aliphatic carbocycles. The number of hydrogen-bond acceptors (Lipinski definition) is 5. The molecule has 0 amide bonds. The Bertz CT molecular complexity index is 373. The van der Waals surface area contributed by atoms with E-state index in [0.717, 1.165) is 12.8 Å². The van der Waals surface area contributed by atoms with Crippen LogP contribution >= 0.6 is 0 Å². The molecule has 1 unspecified atom stereocenters. The number of nitrogens with zero attached hydrogens (tertiary/aromatic N) is 1. The monoisotopic (exact) mass is 241 g/mol. The molecule has 0 fully saturated rings. The van der Waals surface area contributed by atoms with Crippen LogP contribution in [-0.2, 0) is 16.1 Å². The number of esters is 1. The molecule has 0 saturated carbocycles. The van der Waals surface area contributed by atoms with E-state index in [9.17, 15) is 4.79 Å². The van der Waals surface area contributed by atoms with Gasteiger partial charge >= 0.3 is 5.97 Å². The molecule has 0 saturated heterocycles. The smallest absolute Gasteiger partial charge is 0.376 e. The molecule has 1 aromatic rings. The normalized spacial score (nSPS) is 12.5. The van der Waals surface area contributed by atoms with Crippen molar-refractivity contribution < 1.29 is 18.7 Å². The zero-order chi connectivity index (χ0) is 12.8. The van der Waals surface area contributed by atoms with Crippen LogP contribution in [0.25, 0.3) is 0 Å². The molecule has 0 N–H and O–H groups in total. The lowest BCUT2D eigenvalue weighted by molar-refractivity contribution is 0.0556. The van der Waals surface area contributed by atoms with Gasteiger partial charge in [-0.15, -0.1) is 0 Å². The van der Waals surface area contributed by atoms with Crippen LogP contribution < -0.4 is 0 Å². The number of rotatable bonds is 6. The van der Waals surface area contributed by atoms with Crippen molar-refractivity contribution in [2.75, 3.05) is 14.2 Å². The molecule has 0 aliphatic rings. The highest BCUT2D eigenvalue weighted by atomic mass is 16.5. The molecular weight excluding hydrogens is 222 g/mol. The summed E-state index contributed by atoms with van der Waals surface area (Å²) in [5.74, 6) is 0.389. The second-order valence-electron chi connectivity index (χ2n) is 3.94. The van der Waals surface area contributed by atoms with Crippen molar-refractivity contribution in [3.05, 3.63) is 17.3 Å². The summed E-state index contributed by atoms with van der Waals surface area (Å²) in [6.45, 7) is 4.36. The number of aromatic nitrogens is 1. The average molecular weight is 241 g/mol. The first-order valence-electron chi connectivity index (χ1n) is 5.70. The van der Waals surface area contributed by atoms with Gasteiger partial charge in [0.1, 0.15) is 5.69 Å². The zero-order valence-corrected chi connectivity index (χ0v) is 10.8. The molecule has 1 aromatic heterocycles. The Morgan fingerprint density at radius 3 is 2.71 bits per heavy atom. The summed E-state index contributed by atoms with van der Waals surface area (Å²) in [4.78, 5) is 15.8. The second kappa shape index (κ2) is 6.39. The molecule has 0 aliphatic heterocycles. The van der Waals surface area contributed by atoms with Gasteiger partial charge in [-0.25, -0.2) is 9.78 Å². The summed E-state index contributed by atoms with van der Waals surface area (Å²) in [5, 5.41) is 0. The van der Waals surface area contributed by atoms with Crippen LogP contribution in [-0.4, -0.2) is 25.2 Å². The lowest BCUT2D eigenvalue weighted by Gasteiger charge is -2.03. The summed E-state index contributed by atoms with van der Waals surface area (Å²) in [7, 11) is 2.86. The van der Waals surface area contributed by atoms with E-state index in [0.29, 0.717) is 11.6 Å². The summed E-state index contributed by atoms with van der Waals surface area (Å²) < 4.78 is 15.1. The molecule has 5 heteroatoms. The van der Waals surface area contributed by atoms with E-state index < -0.39 is 5.97 Å². The van der Waals surface area contributed by atoms with Crippen molar-refractivity contribution in [1.29, 1.82) is 0 Å². The van der Waals surface area contributed by atoms with E-state index in [1.165, 1.54) is 7.11 Å². The first-order chi connectivity index (χ1) is 8.13. The maximum absolute atomic E-state index is 11.5. The van der Waals surface area contributed by atoms with Crippen molar-refractivity contribution in [1.82, 2.24) is 4.98 Å². The van der Waals surface area contributed by atoms with Gasteiger partial charge in [0, 0.05) is 13.0 Å². The van der Waals surface area contributed by atoms with Crippen LogP contribution in [0.2, 0.25) is 0 Å². The van der Waals surface area contributed by atoms with E-state index in [2.05, 4.69) is 16.6 Å². The third-order valence-corrected chi connectivity index (χ3v) is 2.51. The van der Waals surface area contributed by atoms with Gasteiger partial charge < -0.3 is 13.9 Å². The van der Waals surface area contributed by atoms with Gasteiger partial charge in [0.05, 0.1) is 13.7 Å². The lowest BCUT2D eigenvalue weighted by atomic mass is 10.1. The first-order valence-corrected chi connectivity index (χ1v) is 5.70. The number of carbonyl (C=O) groups is 1. The summed E-state index contributed by atoms with van der Waals surface area (Å²) in [5.41, 5.74) is 0.498. The van der Waals surface area contributed by atoms with E-state index in [4.69, 9.17) is 9.15 Å². The molecule has 0 bridgehead atoms. The van der Waals surface area contributed by atoms with Crippen molar-refractivity contribution in [2.45, 2.75) is 39.2 Å². The fourth-order valence-electron chi connectivity index (χ4n) is 1.62. The van der Waals surface area contributed by atoms with Gasteiger partial charge in [0.15, 0.2) is 5.89 Å². The van der Waals surface area contributed by atoms with E-state index in [-0.39, 0.29) is 18.3 Å². The minimum atomic E-state index is -0.514. The van der Waals surface area contributed by atoms with Crippen LogP contribution in [0, 0.1) is 0 Å². The number of carbonyl (C=O) groups excluding carboxylic acids is 1. The second-order valence-corrected chi connectivity index (χ2v) is 3.94. The predicted octanol–water partition coefficient (Wildman–Crippen LogP) is 2.51. The minimum Gasteiger partial charge on any atom is -0.463 e. The topological polar surface area (TPSA) is 61.6 Å². The Balaban J connectivity index is 2.98. The first kappa shape index (κ1) is 13.7. The summed E-state index contributed by atoms with van der Waals surface area (Å²) in [6.07, 6.45) is 2.00. The van der Waals surface area contributed by atoms with Gasteiger partial charge in [-0.3, -0.25) is 0 Å². The van der Waals surface area contributed by atoms with Crippen LogP contribution in [0.4, 0.5) is 0 Å². The number of ether oxygens (including phenoxy) is 2. The maximum Gasteiger partial charge on any atom is 0.376 e. The van der Waals surface area contributed by atoms with Crippen molar-refractivity contribution in [3.63, 3.8) is 0 Å². The minimum absolute atomic E-state index is 0.146. The van der Waals surface area contributed by atoms with E-state index >= 15 is 0 Å². The van der Waals surface area contributed by atoms with Crippen molar-refractivity contribution >= 4 is 5.97 Å². The number of oxazole rings is 1. The van der Waals surface area contributed by atoms with E-state index in [1.807, 2.05) is 6.92 Å². The highest BCUT2D eigenvalue weighted by molar-refractivity contribution is 5.87. The van der Waals surface area contributed by atoms with Crippen molar-refractivity contribution in [2.24, 2.45) is 0 Å². The largest absolute Gasteiger partial charge is 0.463 e. The molecule has 5 nitrogen and oxygen atoms in total. The SMILES string of the molecule is CCCC(C)c1nc(COC)c(C(=O)OC)o1. The van der Waals surface area contributed by atoms with Gasteiger partial charge in [-0.1, -0.05) is 20.3 Å². The Morgan fingerprint density at radius 2 is 2.18 bits per heavy atom.